The Kier molecular flexibility index (Phi) is 4.50. The van der Waals surface area contributed by atoms with Crippen molar-refractivity contribution in [3.8, 4) is 0 Å². The zero-order valence-electron chi connectivity index (χ0n) is 4.91. The van der Waals surface area contributed by atoms with Gasteiger partial charge in [-0.25, -0.2) is 0 Å². The molecule has 0 aliphatic heterocycles. The molecule has 0 atom stereocenters. The molecule has 0 aliphatic rings. The summed E-state index contributed by atoms with van der Waals surface area (Å²) in [5.74, 6) is 0. The minimum atomic E-state index is 0. The number of hydrogen-bond donors (Lipinski definition) is 1. The summed E-state index contributed by atoms with van der Waals surface area (Å²) >= 11 is 0. The van der Waals surface area contributed by atoms with Crippen LogP contribution in [0.15, 0.2) is 24.3 Å². The third-order valence-corrected chi connectivity index (χ3v) is 0.944. The molecule has 0 saturated heterocycles. The number of aliphatic hydroxyl groups excluding tert-OH is 1. The van der Waals surface area contributed by atoms with Gasteiger partial charge in [-0.05, 0) is 0 Å². The standard InChI is InChI=1S/C7H7O.V/c8-6-7-4-2-1-3-5-7;/h1-4,8H,6H2;/q-1;. The molecule has 0 aliphatic carbocycles. The Morgan fingerprint density at radius 2 is 2.22 bits per heavy atom. The fourth-order valence-corrected chi connectivity index (χ4v) is 0.529. The van der Waals surface area contributed by atoms with Crippen LogP contribution in [0.3, 0.4) is 0 Å². The van der Waals surface area contributed by atoms with Gasteiger partial charge >= 0.3 is 0 Å². The normalized spacial score (nSPS) is 8.11. The molecular weight excluding hydrogens is 151 g/mol. The van der Waals surface area contributed by atoms with Crippen molar-refractivity contribution in [2.45, 2.75) is 6.61 Å². The van der Waals surface area contributed by atoms with Gasteiger partial charge in [-0.1, -0.05) is 0 Å². The maximum atomic E-state index is 8.51. The average molecular weight is 158 g/mol. The molecular formula is C7H7OV-. The first-order chi connectivity index (χ1) is 3.93. The molecule has 1 nitrogen and oxygen atoms in total. The Balaban J connectivity index is 0.000000640. The summed E-state index contributed by atoms with van der Waals surface area (Å²) < 4.78 is 0. The molecule has 1 radical (unpaired) electrons. The van der Waals surface area contributed by atoms with Gasteiger partial charge in [0.05, 0.1) is 0 Å². The molecule has 1 aromatic rings. The summed E-state index contributed by atoms with van der Waals surface area (Å²) in [5, 5.41) is 8.51. The van der Waals surface area contributed by atoms with E-state index in [-0.39, 0.29) is 25.2 Å². The van der Waals surface area contributed by atoms with Crippen LogP contribution in [-0.2, 0) is 25.2 Å². The fraction of sp³-hybridized carbons (Fsp3) is 0.143. The van der Waals surface area contributed by atoms with E-state index in [4.69, 9.17) is 5.11 Å². The Labute approximate surface area is 66.6 Å². The Morgan fingerprint density at radius 3 is 2.56 bits per heavy atom. The van der Waals surface area contributed by atoms with E-state index in [0.717, 1.165) is 5.56 Å². The Morgan fingerprint density at radius 1 is 1.44 bits per heavy atom. The molecule has 1 aromatic carbocycles. The van der Waals surface area contributed by atoms with Crippen molar-refractivity contribution in [1.29, 1.82) is 0 Å². The number of hydrogen-bond acceptors (Lipinski definition) is 1. The van der Waals surface area contributed by atoms with Crippen LogP contribution < -0.4 is 0 Å². The summed E-state index contributed by atoms with van der Waals surface area (Å²) in [6.07, 6.45) is 0. The minimum Gasteiger partial charge on any atom is -0.394 e. The minimum absolute atomic E-state index is 0. The number of aliphatic hydroxyl groups is 1. The van der Waals surface area contributed by atoms with Gasteiger partial charge in [0.15, 0.2) is 0 Å². The van der Waals surface area contributed by atoms with Crippen LogP contribution in [0.5, 0.6) is 0 Å². The monoisotopic (exact) mass is 158 g/mol. The topological polar surface area (TPSA) is 20.2 Å². The predicted molar refractivity (Wildman–Crippen MR) is 31.2 cm³/mol. The molecule has 1 N–H and O–H groups in total. The van der Waals surface area contributed by atoms with Crippen molar-refractivity contribution in [2.24, 2.45) is 0 Å². The van der Waals surface area contributed by atoms with Gasteiger partial charge in [0.1, 0.15) is 0 Å². The van der Waals surface area contributed by atoms with Crippen LogP contribution in [0.2, 0.25) is 0 Å². The summed E-state index contributed by atoms with van der Waals surface area (Å²) in [7, 11) is 0. The van der Waals surface area contributed by atoms with Crippen molar-refractivity contribution >= 4 is 0 Å². The Hall–Kier alpha value is -0.236. The zero-order valence-corrected chi connectivity index (χ0v) is 6.31. The fourth-order valence-electron chi connectivity index (χ4n) is 0.529. The Bertz CT molecular complexity index is 150. The second-order valence-corrected chi connectivity index (χ2v) is 1.55. The van der Waals surface area contributed by atoms with E-state index in [1.165, 1.54) is 0 Å². The zero-order chi connectivity index (χ0) is 5.82. The van der Waals surface area contributed by atoms with Crippen LogP contribution >= 0.6 is 0 Å². The van der Waals surface area contributed by atoms with Gasteiger partial charge in [-0.2, -0.15) is 30.3 Å². The molecule has 2 heteroatoms. The van der Waals surface area contributed by atoms with Crippen molar-refractivity contribution in [3.63, 3.8) is 0 Å². The third kappa shape index (κ3) is 2.71. The molecule has 9 heavy (non-hydrogen) atoms. The molecule has 0 unspecified atom stereocenters. The average Bonchev–Trinajstić information content (AvgIpc) is 1.90. The number of benzene rings is 1. The van der Waals surface area contributed by atoms with Gasteiger partial charge in [0.25, 0.3) is 0 Å². The van der Waals surface area contributed by atoms with Crippen molar-refractivity contribution < 1.29 is 23.7 Å². The van der Waals surface area contributed by atoms with E-state index in [0.29, 0.717) is 0 Å². The van der Waals surface area contributed by atoms with E-state index in [2.05, 4.69) is 6.07 Å². The van der Waals surface area contributed by atoms with E-state index < -0.39 is 0 Å². The van der Waals surface area contributed by atoms with Crippen LogP contribution in [0, 0.1) is 6.07 Å². The van der Waals surface area contributed by atoms with Crippen LogP contribution in [0.1, 0.15) is 5.56 Å². The summed E-state index contributed by atoms with van der Waals surface area (Å²) in [6.45, 7) is 0.0842. The van der Waals surface area contributed by atoms with Gasteiger partial charge in [0, 0.05) is 25.2 Å². The number of rotatable bonds is 1. The van der Waals surface area contributed by atoms with Crippen molar-refractivity contribution in [3.05, 3.63) is 35.9 Å². The second kappa shape index (κ2) is 4.63. The molecule has 0 saturated carbocycles. The first-order valence-corrected chi connectivity index (χ1v) is 2.50. The third-order valence-electron chi connectivity index (χ3n) is 0.944. The van der Waals surface area contributed by atoms with Gasteiger partial charge < -0.3 is 5.11 Å². The molecule has 0 spiro atoms. The second-order valence-electron chi connectivity index (χ2n) is 1.55. The molecule has 0 fully saturated rings. The smallest absolute Gasteiger partial charge is 0.0457 e. The van der Waals surface area contributed by atoms with Crippen molar-refractivity contribution in [1.82, 2.24) is 0 Å². The van der Waals surface area contributed by atoms with E-state index in [9.17, 15) is 0 Å². The van der Waals surface area contributed by atoms with Crippen molar-refractivity contribution in [2.75, 3.05) is 0 Å². The predicted octanol–water partition coefficient (Wildman–Crippen LogP) is 0.977. The van der Waals surface area contributed by atoms with Gasteiger partial charge in [-0.15, -0.1) is 5.56 Å². The summed E-state index contributed by atoms with van der Waals surface area (Å²) in [4.78, 5) is 0. The van der Waals surface area contributed by atoms with E-state index in [1.54, 1.807) is 6.07 Å². The largest absolute Gasteiger partial charge is 0.394 e. The molecule has 0 heterocycles. The molecule has 0 amide bonds. The van der Waals surface area contributed by atoms with E-state index in [1.807, 2.05) is 18.2 Å². The first kappa shape index (κ1) is 8.76. The van der Waals surface area contributed by atoms with Gasteiger partial charge in [0.2, 0.25) is 0 Å². The SMILES string of the molecule is OCc1[c-]cccc1.[V]. The molecule has 1 rings (SSSR count). The maximum Gasteiger partial charge on any atom is 0.0457 e. The quantitative estimate of drug-likeness (QED) is 0.604. The molecule has 0 bridgehead atoms. The molecule has 0 aromatic heterocycles. The van der Waals surface area contributed by atoms with Crippen LogP contribution in [0.25, 0.3) is 0 Å². The maximum absolute atomic E-state index is 8.51. The summed E-state index contributed by atoms with van der Waals surface area (Å²) in [5.41, 5.74) is 0.840. The van der Waals surface area contributed by atoms with Crippen LogP contribution in [-0.4, -0.2) is 5.11 Å². The summed E-state index contributed by atoms with van der Waals surface area (Å²) in [6, 6.07) is 10.2. The van der Waals surface area contributed by atoms with Crippen LogP contribution in [0.4, 0.5) is 0 Å². The van der Waals surface area contributed by atoms with Gasteiger partial charge in [-0.3, -0.25) is 0 Å². The first-order valence-electron chi connectivity index (χ1n) is 2.50. The molecule has 47 valence electrons. The van der Waals surface area contributed by atoms with E-state index >= 15 is 0 Å².